The van der Waals surface area contributed by atoms with E-state index in [1.165, 1.54) is 6.08 Å². The van der Waals surface area contributed by atoms with Crippen LogP contribution in [0.15, 0.2) is 55.1 Å². The molecule has 1 atom stereocenters. The Morgan fingerprint density at radius 2 is 2.13 bits per heavy atom. The average molecular weight is 329 g/mol. The van der Waals surface area contributed by atoms with Crippen molar-refractivity contribution in [2.75, 3.05) is 19.8 Å². The smallest absolute Gasteiger partial charge is 0.246 e. The summed E-state index contributed by atoms with van der Waals surface area (Å²) < 4.78 is 5.56. The largest absolute Gasteiger partial charge is 0.377 e. The number of halogens is 1. The van der Waals surface area contributed by atoms with E-state index in [1.54, 1.807) is 11.0 Å². The molecule has 0 N–H and O–H groups in total. The molecule has 23 heavy (non-hydrogen) atoms. The molecule has 1 fully saturated rings. The minimum absolute atomic E-state index is 0.104. The third-order valence-corrected chi connectivity index (χ3v) is 4.05. The van der Waals surface area contributed by atoms with Crippen LogP contribution in [0.1, 0.15) is 11.6 Å². The monoisotopic (exact) mass is 328 g/mol. The summed E-state index contributed by atoms with van der Waals surface area (Å²) in [6, 6.07) is 13.4. The number of ether oxygens (including phenoxy) is 1. The van der Waals surface area contributed by atoms with Crippen LogP contribution in [0.4, 0.5) is 0 Å². The lowest BCUT2D eigenvalue weighted by Gasteiger charge is -2.35. The Hall–Kier alpha value is -2.17. The Balaban J connectivity index is 2.00. The van der Waals surface area contributed by atoms with Crippen LogP contribution >= 0.6 is 11.6 Å². The van der Waals surface area contributed by atoms with E-state index in [9.17, 15) is 4.79 Å². The maximum atomic E-state index is 12.1. The summed E-state index contributed by atoms with van der Waals surface area (Å²) in [6.07, 6.45) is 1.33. The Bertz CT molecular complexity index is 718. The SMILES string of the molecule is C=CC(=O)N1CCOCC1c1cc(Cl)nc(-c2ccccc2)c1. The van der Waals surface area contributed by atoms with Crippen molar-refractivity contribution < 1.29 is 9.53 Å². The number of hydrogen-bond donors (Lipinski definition) is 0. The van der Waals surface area contributed by atoms with Crippen LogP contribution in [0, 0.1) is 0 Å². The van der Waals surface area contributed by atoms with Crippen LogP contribution in [0.25, 0.3) is 11.3 Å². The number of hydrogen-bond acceptors (Lipinski definition) is 3. The second-order valence-corrected chi connectivity index (χ2v) is 5.69. The fourth-order valence-electron chi connectivity index (χ4n) is 2.73. The van der Waals surface area contributed by atoms with Crippen LogP contribution < -0.4 is 0 Å². The lowest BCUT2D eigenvalue weighted by Crippen LogP contribution is -2.42. The summed E-state index contributed by atoms with van der Waals surface area (Å²) in [6.45, 7) is 5.08. The van der Waals surface area contributed by atoms with E-state index in [-0.39, 0.29) is 11.9 Å². The summed E-state index contributed by atoms with van der Waals surface area (Å²) >= 11 is 6.20. The fourth-order valence-corrected chi connectivity index (χ4v) is 2.94. The standard InChI is InChI=1S/C18H17ClN2O2/c1-2-18(22)21-8-9-23-12-16(21)14-10-15(20-17(19)11-14)13-6-4-3-5-7-13/h2-7,10-11,16H,1,8-9,12H2. The predicted octanol–water partition coefficient (Wildman–Crippen LogP) is 3.49. The van der Waals surface area contributed by atoms with Crippen molar-refractivity contribution in [2.24, 2.45) is 0 Å². The van der Waals surface area contributed by atoms with Crippen molar-refractivity contribution in [3.63, 3.8) is 0 Å². The maximum absolute atomic E-state index is 12.1. The highest BCUT2D eigenvalue weighted by atomic mass is 35.5. The lowest BCUT2D eigenvalue weighted by atomic mass is 10.0. The lowest BCUT2D eigenvalue weighted by molar-refractivity contribution is -0.134. The normalized spacial score (nSPS) is 17.8. The van der Waals surface area contributed by atoms with Crippen molar-refractivity contribution in [1.82, 2.24) is 9.88 Å². The van der Waals surface area contributed by atoms with E-state index in [1.807, 2.05) is 36.4 Å². The third-order valence-electron chi connectivity index (χ3n) is 3.86. The number of benzene rings is 1. The molecule has 3 rings (SSSR count). The fraction of sp³-hybridized carbons (Fsp3) is 0.222. The van der Waals surface area contributed by atoms with Crippen LogP contribution in [0.3, 0.4) is 0 Å². The summed E-state index contributed by atoms with van der Waals surface area (Å²) in [4.78, 5) is 18.2. The quantitative estimate of drug-likeness (QED) is 0.640. The number of rotatable bonds is 3. The van der Waals surface area contributed by atoms with Crippen molar-refractivity contribution in [3.8, 4) is 11.3 Å². The molecule has 1 aromatic heterocycles. The van der Waals surface area contributed by atoms with Crippen molar-refractivity contribution in [1.29, 1.82) is 0 Å². The number of morpholine rings is 1. The molecule has 1 aliphatic heterocycles. The second-order valence-electron chi connectivity index (χ2n) is 5.30. The number of pyridine rings is 1. The third kappa shape index (κ3) is 3.44. The average Bonchev–Trinajstić information content (AvgIpc) is 2.61. The molecule has 5 heteroatoms. The zero-order valence-electron chi connectivity index (χ0n) is 12.6. The molecule has 4 nitrogen and oxygen atoms in total. The maximum Gasteiger partial charge on any atom is 0.246 e. The van der Waals surface area contributed by atoms with Gasteiger partial charge in [-0.05, 0) is 23.8 Å². The molecule has 0 aliphatic carbocycles. The summed E-state index contributed by atoms with van der Waals surface area (Å²) in [5.74, 6) is -0.104. The van der Waals surface area contributed by atoms with E-state index in [4.69, 9.17) is 16.3 Å². The molecule has 0 saturated carbocycles. The van der Waals surface area contributed by atoms with Gasteiger partial charge in [0.15, 0.2) is 0 Å². The van der Waals surface area contributed by atoms with Crippen molar-refractivity contribution in [2.45, 2.75) is 6.04 Å². The molecule has 1 amide bonds. The Kier molecular flexibility index (Phi) is 4.74. The minimum Gasteiger partial charge on any atom is -0.377 e. The molecule has 118 valence electrons. The highest BCUT2D eigenvalue weighted by Crippen LogP contribution is 2.29. The summed E-state index contributed by atoms with van der Waals surface area (Å²) in [5, 5.41) is 0.401. The molecule has 1 saturated heterocycles. The Morgan fingerprint density at radius 1 is 1.35 bits per heavy atom. The van der Waals surface area contributed by atoms with Gasteiger partial charge in [0.25, 0.3) is 0 Å². The highest BCUT2D eigenvalue weighted by molar-refractivity contribution is 6.29. The van der Waals surface area contributed by atoms with Crippen molar-refractivity contribution >= 4 is 17.5 Å². The second kappa shape index (κ2) is 6.94. The molecular weight excluding hydrogens is 312 g/mol. The summed E-state index contributed by atoms with van der Waals surface area (Å²) in [5.41, 5.74) is 2.68. The van der Waals surface area contributed by atoms with Gasteiger partial charge in [0.05, 0.1) is 24.9 Å². The molecule has 2 aromatic rings. The molecule has 1 aliphatic rings. The zero-order valence-corrected chi connectivity index (χ0v) is 13.4. The van der Waals surface area contributed by atoms with E-state index in [0.29, 0.717) is 24.9 Å². The van der Waals surface area contributed by atoms with Gasteiger partial charge in [-0.3, -0.25) is 4.79 Å². The number of nitrogens with zero attached hydrogens (tertiary/aromatic N) is 2. The first-order chi connectivity index (χ1) is 11.2. The zero-order chi connectivity index (χ0) is 16.2. The first-order valence-electron chi connectivity index (χ1n) is 7.42. The first kappa shape index (κ1) is 15.7. The van der Waals surface area contributed by atoms with Gasteiger partial charge < -0.3 is 9.64 Å². The number of carbonyl (C=O) groups is 1. The van der Waals surface area contributed by atoms with E-state index < -0.39 is 0 Å². The highest BCUT2D eigenvalue weighted by Gasteiger charge is 2.28. The van der Waals surface area contributed by atoms with Gasteiger partial charge in [-0.25, -0.2) is 4.98 Å². The van der Waals surface area contributed by atoms with Gasteiger partial charge in [-0.15, -0.1) is 0 Å². The number of amides is 1. The van der Waals surface area contributed by atoms with Crippen LogP contribution in [-0.2, 0) is 9.53 Å². The van der Waals surface area contributed by atoms with Gasteiger partial charge >= 0.3 is 0 Å². The topological polar surface area (TPSA) is 42.4 Å². The Morgan fingerprint density at radius 3 is 2.87 bits per heavy atom. The van der Waals surface area contributed by atoms with Gasteiger partial charge in [0.2, 0.25) is 5.91 Å². The number of carbonyl (C=O) groups excluding carboxylic acids is 1. The van der Waals surface area contributed by atoms with Gasteiger partial charge in [0.1, 0.15) is 5.15 Å². The van der Waals surface area contributed by atoms with Crippen LogP contribution in [-0.4, -0.2) is 35.5 Å². The molecule has 2 heterocycles. The molecule has 1 unspecified atom stereocenters. The van der Waals surface area contributed by atoms with Crippen LogP contribution in [0.2, 0.25) is 5.15 Å². The molecule has 0 spiro atoms. The predicted molar refractivity (Wildman–Crippen MR) is 90.2 cm³/mol. The van der Waals surface area contributed by atoms with Crippen LogP contribution in [0.5, 0.6) is 0 Å². The molecule has 0 bridgehead atoms. The van der Waals surface area contributed by atoms with Gasteiger partial charge in [0, 0.05) is 12.1 Å². The van der Waals surface area contributed by atoms with Gasteiger partial charge in [-0.2, -0.15) is 0 Å². The molecule has 1 aromatic carbocycles. The molecule has 0 radical (unpaired) electrons. The Labute approximate surface area is 140 Å². The van der Waals surface area contributed by atoms with Crippen molar-refractivity contribution in [3.05, 3.63) is 65.8 Å². The minimum atomic E-state index is -0.183. The summed E-state index contributed by atoms with van der Waals surface area (Å²) in [7, 11) is 0. The number of aromatic nitrogens is 1. The van der Waals surface area contributed by atoms with E-state index >= 15 is 0 Å². The molecular formula is C18H17ClN2O2. The van der Waals surface area contributed by atoms with E-state index in [2.05, 4.69) is 11.6 Å². The van der Waals surface area contributed by atoms with Gasteiger partial charge in [-0.1, -0.05) is 48.5 Å². The van der Waals surface area contributed by atoms with E-state index in [0.717, 1.165) is 16.8 Å². The first-order valence-corrected chi connectivity index (χ1v) is 7.80.